The number of para-hydroxylation sites is 2. The third-order valence-electron chi connectivity index (χ3n) is 2.67. The summed E-state index contributed by atoms with van der Waals surface area (Å²) in [5.41, 5.74) is 7.14. The third kappa shape index (κ3) is 3.62. The standard InChI is InChI=1S/C13H17N5O/c1-10(14)6-7-13(19)17-11-4-2-3-5-12(11)18-9-15-8-16-18/h2-5,8-10H,6-7,14H2,1H3,(H,17,19). The molecule has 3 N–H and O–H groups in total. The molecule has 0 bridgehead atoms. The average molecular weight is 259 g/mol. The molecule has 0 saturated carbocycles. The molecule has 6 nitrogen and oxygen atoms in total. The van der Waals surface area contributed by atoms with Crippen molar-refractivity contribution in [2.24, 2.45) is 5.73 Å². The molecule has 0 spiro atoms. The number of aromatic nitrogens is 3. The first kappa shape index (κ1) is 13.2. The Bertz CT molecular complexity index is 536. The highest BCUT2D eigenvalue weighted by Crippen LogP contribution is 2.18. The lowest BCUT2D eigenvalue weighted by Crippen LogP contribution is -2.20. The number of nitrogens with one attached hydrogen (secondary N) is 1. The quantitative estimate of drug-likeness (QED) is 0.848. The van der Waals surface area contributed by atoms with E-state index in [0.29, 0.717) is 18.5 Å². The van der Waals surface area contributed by atoms with Crippen LogP contribution < -0.4 is 11.1 Å². The van der Waals surface area contributed by atoms with Crippen molar-refractivity contribution in [3.05, 3.63) is 36.9 Å². The molecule has 1 unspecified atom stereocenters. The molecule has 1 aromatic carbocycles. The summed E-state index contributed by atoms with van der Waals surface area (Å²) >= 11 is 0. The number of carbonyl (C=O) groups excluding carboxylic acids is 1. The molecule has 0 aliphatic carbocycles. The highest BCUT2D eigenvalue weighted by Gasteiger charge is 2.09. The van der Waals surface area contributed by atoms with Crippen LogP contribution in [0.5, 0.6) is 0 Å². The first-order chi connectivity index (χ1) is 9.16. The lowest BCUT2D eigenvalue weighted by molar-refractivity contribution is -0.116. The van der Waals surface area contributed by atoms with E-state index in [-0.39, 0.29) is 11.9 Å². The second-order valence-electron chi connectivity index (χ2n) is 4.42. The van der Waals surface area contributed by atoms with Crippen LogP contribution in [0, 0.1) is 0 Å². The number of benzene rings is 1. The van der Waals surface area contributed by atoms with Crippen molar-refractivity contribution in [2.45, 2.75) is 25.8 Å². The smallest absolute Gasteiger partial charge is 0.224 e. The van der Waals surface area contributed by atoms with Crippen molar-refractivity contribution in [1.29, 1.82) is 0 Å². The summed E-state index contributed by atoms with van der Waals surface area (Å²) in [6.45, 7) is 1.89. The number of hydrogen-bond acceptors (Lipinski definition) is 4. The molecule has 1 aromatic heterocycles. The number of hydrogen-bond donors (Lipinski definition) is 2. The minimum absolute atomic E-state index is 0.0244. The third-order valence-corrected chi connectivity index (χ3v) is 2.67. The van der Waals surface area contributed by atoms with Crippen LogP contribution in [0.15, 0.2) is 36.9 Å². The van der Waals surface area contributed by atoms with Crippen molar-refractivity contribution in [3.8, 4) is 5.69 Å². The van der Waals surface area contributed by atoms with Gasteiger partial charge < -0.3 is 11.1 Å². The van der Waals surface area contributed by atoms with Gasteiger partial charge in [0.1, 0.15) is 12.7 Å². The van der Waals surface area contributed by atoms with Crippen LogP contribution in [-0.2, 0) is 4.79 Å². The molecular formula is C13H17N5O. The van der Waals surface area contributed by atoms with Gasteiger partial charge in [-0.3, -0.25) is 4.79 Å². The summed E-state index contributed by atoms with van der Waals surface area (Å²) in [5.74, 6) is -0.0511. The van der Waals surface area contributed by atoms with Gasteiger partial charge in [-0.05, 0) is 25.5 Å². The average Bonchev–Trinajstić information content (AvgIpc) is 2.91. The molecule has 0 fully saturated rings. The summed E-state index contributed by atoms with van der Waals surface area (Å²) < 4.78 is 1.61. The van der Waals surface area contributed by atoms with Crippen molar-refractivity contribution in [1.82, 2.24) is 14.8 Å². The summed E-state index contributed by atoms with van der Waals surface area (Å²) in [6, 6.07) is 7.48. The van der Waals surface area contributed by atoms with Gasteiger partial charge in [-0.25, -0.2) is 9.67 Å². The molecule has 19 heavy (non-hydrogen) atoms. The summed E-state index contributed by atoms with van der Waals surface area (Å²) in [7, 11) is 0. The van der Waals surface area contributed by atoms with Gasteiger partial charge in [-0.15, -0.1) is 0 Å². The fourth-order valence-electron chi connectivity index (χ4n) is 1.68. The predicted molar refractivity (Wildman–Crippen MR) is 72.9 cm³/mol. The SMILES string of the molecule is CC(N)CCC(=O)Nc1ccccc1-n1cncn1. The Morgan fingerprint density at radius 3 is 2.95 bits per heavy atom. The highest BCUT2D eigenvalue weighted by atomic mass is 16.1. The van der Waals surface area contributed by atoms with E-state index in [0.717, 1.165) is 5.69 Å². The van der Waals surface area contributed by atoms with Crippen LogP contribution in [0.1, 0.15) is 19.8 Å². The topological polar surface area (TPSA) is 85.8 Å². The summed E-state index contributed by atoms with van der Waals surface area (Å²) in [4.78, 5) is 15.7. The predicted octanol–water partition coefficient (Wildman–Crippen LogP) is 1.33. The number of anilines is 1. The lowest BCUT2D eigenvalue weighted by atomic mass is 10.2. The maximum absolute atomic E-state index is 11.8. The zero-order chi connectivity index (χ0) is 13.7. The van der Waals surface area contributed by atoms with Gasteiger partial charge >= 0.3 is 0 Å². The first-order valence-electron chi connectivity index (χ1n) is 6.16. The van der Waals surface area contributed by atoms with Gasteiger partial charge in [0, 0.05) is 12.5 Å². The van der Waals surface area contributed by atoms with Crippen molar-refractivity contribution >= 4 is 11.6 Å². The Morgan fingerprint density at radius 1 is 1.47 bits per heavy atom. The highest BCUT2D eigenvalue weighted by molar-refractivity contribution is 5.92. The summed E-state index contributed by atoms with van der Waals surface area (Å²) in [5, 5.41) is 6.93. The Morgan fingerprint density at radius 2 is 2.26 bits per heavy atom. The lowest BCUT2D eigenvalue weighted by Gasteiger charge is -2.11. The molecule has 2 rings (SSSR count). The van der Waals surface area contributed by atoms with Gasteiger partial charge in [-0.2, -0.15) is 5.10 Å². The van der Waals surface area contributed by atoms with Crippen LogP contribution in [0.2, 0.25) is 0 Å². The molecule has 0 radical (unpaired) electrons. The fraction of sp³-hybridized carbons (Fsp3) is 0.308. The fourth-order valence-corrected chi connectivity index (χ4v) is 1.68. The van der Waals surface area contributed by atoms with Crippen LogP contribution in [0.3, 0.4) is 0 Å². The minimum atomic E-state index is -0.0511. The van der Waals surface area contributed by atoms with Gasteiger partial charge in [0.25, 0.3) is 0 Å². The Hall–Kier alpha value is -2.21. The molecule has 0 saturated heterocycles. The Kier molecular flexibility index (Phi) is 4.25. The Labute approximate surface area is 111 Å². The summed E-state index contributed by atoms with van der Waals surface area (Å²) in [6.07, 6.45) is 4.11. The van der Waals surface area contributed by atoms with E-state index in [9.17, 15) is 4.79 Å². The maximum atomic E-state index is 11.8. The van der Waals surface area contributed by atoms with Crippen LogP contribution in [-0.4, -0.2) is 26.7 Å². The molecule has 0 aliphatic heterocycles. The normalized spacial score (nSPS) is 12.1. The van der Waals surface area contributed by atoms with E-state index >= 15 is 0 Å². The first-order valence-corrected chi connectivity index (χ1v) is 6.16. The van der Waals surface area contributed by atoms with Gasteiger partial charge in [0.2, 0.25) is 5.91 Å². The van der Waals surface area contributed by atoms with Crippen LogP contribution >= 0.6 is 0 Å². The molecule has 1 atom stereocenters. The second-order valence-corrected chi connectivity index (χ2v) is 4.42. The van der Waals surface area contributed by atoms with Crippen molar-refractivity contribution in [3.63, 3.8) is 0 Å². The van der Waals surface area contributed by atoms with Crippen molar-refractivity contribution < 1.29 is 4.79 Å². The largest absolute Gasteiger partial charge is 0.328 e. The van der Waals surface area contributed by atoms with E-state index in [2.05, 4.69) is 15.4 Å². The van der Waals surface area contributed by atoms with Crippen LogP contribution in [0.25, 0.3) is 5.69 Å². The van der Waals surface area contributed by atoms with Gasteiger partial charge in [-0.1, -0.05) is 12.1 Å². The monoisotopic (exact) mass is 259 g/mol. The maximum Gasteiger partial charge on any atom is 0.224 e. The molecular weight excluding hydrogens is 242 g/mol. The number of rotatable bonds is 5. The minimum Gasteiger partial charge on any atom is -0.328 e. The van der Waals surface area contributed by atoms with E-state index in [1.165, 1.54) is 6.33 Å². The molecule has 1 amide bonds. The van der Waals surface area contributed by atoms with E-state index in [1.807, 2.05) is 31.2 Å². The molecule has 0 aliphatic rings. The number of carbonyl (C=O) groups is 1. The zero-order valence-corrected chi connectivity index (χ0v) is 10.8. The van der Waals surface area contributed by atoms with Crippen molar-refractivity contribution in [2.75, 3.05) is 5.32 Å². The number of amides is 1. The molecule has 100 valence electrons. The van der Waals surface area contributed by atoms with E-state index in [1.54, 1.807) is 11.0 Å². The molecule has 6 heteroatoms. The van der Waals surface area contributed by atoms with Gasteiger partial charge in [0.05, 0.1) is 11.4 Å². The number of nitrogens with two attached hydrogens (primary N) is 1. The van der Waals surface area contributed by atoms with E-state index < -0.39 is 0 Å². The molecule has 2 aromatic rings. The zero-order valence-electron chi connectivity index (χ0n) is 10.8. The Balaban J connectivity index is 2.10. The van der Waals surface area contributed by atoms with Gasteiger partial charge in [0.15, 0.2) is 0 Å². The second kappa shape index (κ2) is 6.10. The van der Waals surface area contributed by atoms with Crippen LogP contribution in [0.4, 0.5) is 5.69 Å². The molecule has 1 heterocycles. The number of nitrogens with zero attached hydrogens (tertiary/aromatic N) is 3. The van der Waals surface area contributed by atoms with E-state index in [4.69, 9.17) is 5.73 Å².